The van der Waals surface area contributed by atoms with Crippen LogP contribution in [0.2, 0.25) is 12.1 Å². The van der Waals surface area contributed by atoms with Gasteiger partial charge in [0, 0.05) is 0 Å². The van der Waals surface area contributed by atoms with E-state index in [4.69, 9.17) is 0 Å². The predicted octanol–water partition coefficient (Wildman–Crippen LogP) is 3.70. The summed E-state index contributed by atoms with van der Waals surface area (Å²) in [4.78, 5) is 3.83. The Morgan fingerprint density at radius 2 is 1.29 bits per heavy atom. The molecule has 0 saturated heterocycles. The van der Waals surface area contributed by atoms with Crippen LogP contribution in [-0.4, -0.2) is 15.5 Å². The van der Waals surface area contributed by atoms with Gasteiger partial charge in [0.05, 0.1) is 0 Å². The molecule has 0 unspecified atom stereocenters. The highest BCUT2D eigenvalue weighted by atomic mass is 28.3. The molecule has 1 nitrogen and oxygen atoms in total. The Bertz CT molecular complexity index is 98.5. The number of hydrogen-bond donors (Lipinski definition) is 1. The first kappa shape index (κ1) is 14.2. The first-order valence-corrected chi connectivity index (χ1v) is 8.79. The van der Waals surface area contributed by atoms with Crippen molar-refractivity contribution in [2.45, 2.75) is 71.4 Å². The van der Waals surface area contributed by atoms with Gasteiger partial charge < -0.3 is 4.98 Å². The minimum Gasteiger partial charge on any atom is -0.339 e. The maximum atomic E-state index is 3.83. The molecule has 0 bridgehead atoms. The van der Waals surface area contributed by atoms with Gasteiger partial charge in [0.25, 0.3) is 0 Å². The van der Waals surface area contributed by atoms with E-state index in [2.05, 4.69) is 25.8 Å². The third-order valence-corrected chi connectivity index (χ3v) is 5.85. The van der Waals surface area contributed by atoms with Crippen LogP contribution in [0.5, 0.6) is 0 Å². The van der Waals surface area contributed by atoms with Crippen molar-refractivity contribution in [3.05, 3.63) is 0 Å². The lowest BCUT2D eigenvalue weighted by molar-refractivity contribution is 0.740. The summed E-state index contributed by atoms with van der Waals surface area (Å²) >= 11 is 0. The number of rotatable bonds is 10. The van der Waals surface area contributed by atoms with E-state index in [0.717, 1.165) is 0 Å². The molecule has 0 radical (unpaired) electrons. The first-order valence-electron chi connectivity index (χ1n) is 6.58. The average Bonchev–Trinajstić information content (AvgIpc) is 2.21. The van der Waals surface area contributed by atoms with Gasteiger partial charge in [-0.05, 0) is 25.1 Å². The van der Waals surface area contributed by atoms with Gasteiger partial charge in [0.1, 0.15) is 8.96 Å². The van der Waals surface area contributed by atoms with Crippen LogP contribution in [-0.2, 0) is 0 Å². The SMILES string of the molecule is CCCCN[SiH](CCCC)CCCC. The van der Waals surface area contributed by atoms with E-state index in [1.165, 1.54) is 57.2 Å². The van der Waals surface area contributed by atoms with Crippen molar-refractivity contribution >= 4 is 8.96 Å². The zero-order chi connectivity index (χ0) is 10.6. The lowest BCUT2D eigenvalue weighted by atomic mass is 10.3. The predicted molar refractivity (Wildman–Crippen MR) is 69.5 cm³/mol. The molecule has 0 fully saturated rings. The Balaban J connectivity index is 3.49. The van der Waals surface area contributed by atoms with Crippen molar-refractivity contribution in [1.29, 1.82) is 0 Å². The van der Waals surface area contributed by atoms with E-state index >= 15 is 0 Å². The fraction of sp³-hybridized carbons (Fsp3) is 1.00. The molecule has 0 saturated carbocycles. The van der Waals surface area contributed by atoms with Crippen molar-refractivity contribution in [2.75, 3.05) is 6.54 Å². The Hall–Kier alpha value is 0.177. The van der Waals surface area contributed by atoms with E-state index < -0.39 is 8.96 Å². The first-order chi connectivity index (χ1) is 6.85. The number of hydrogen-bond acceptors (Lipinski definition) is 1. The largest absolute Gasteiger partial charge is 0.339 e. The molecule has 0 atom stereocenters. The summed E-state index contributed by atoms with van der Waals surface area (Å²) in [5, 5.41) is 0. The monoisotopic (exact) mass is 215 g/mol. The molecule has 0 heterocycles. The maximum Gasteiger partial charge on any atom is 0.108 e. The van der Waals surface area contributed by atoms with Crippen LogP contribution in [0.15, 0.2) is 0 Å². The maximum absolute atomic E-state index is 3.83. The van der Waals surface area contributed by atoms with Gasteiger partial charge in [0.15, 0.2) is 0 Å². The van der Waals surface area contributed by atoms with E-state index in [1.807, 2.05) is 0 Å². The number of nitrogens with one attached hydrogen (secondary N) is 1. The Morgan fingerprint density at radius 3 is 1.71 bits per heavy atom. The van der Waals surface area contributed by atoms with Gasteiger partial charge in [-0.3, -0.25) is 0 Å². The molecule has 0 amide bonds. The molecule has 0 aromatic carbocycles. The molecule has 1 N–H and O–H groups in total. The van der Waals surface area contributed by atoms with Crippen LogP contribution in [0, 0.1) is 0 Å². The zero-order valence-electron chi connectivity index (χ0n) is 10.4. The molecule has 0 aliphatic heterocycles. The minimum absolute atomic E-state index is 0.551. The summed E-state index contributed by atoms with van der Waals surface area (Å²) in [6.07, 6.45) is 8.31. The summed E-state index contributed by atoms with van der Waals surface area (Å²) in [6.45, 7) is 8.16. The minimum atomic E-state index is -0.551. The molecule has 14 heavy (non-hydrogen) atoms. The van der Waals surface area contributed by atoms with Gasteiger partial charge in [-0.25, -0.2) is 0 Å². The fourth-order valence-corrected chi connectivity index (χ4v) is 4.84. The van der Waals surface area contributed by atoms with Crippen molar-refractivity contribution in [2.24, 2.45) is 0 Å². The smallest absolute Gasteiger partial charge is 0.108 e. The van der Waals surface area contributed by atoms with E-state index in [-0.39, 0.29) is 0 Å². The molecule has 0 aromatic heterocycles. The molecular formula is C12H29NSi. The van der Waals surface area contributed by atoms with E-state index in [1.54, 1.807) is 0 Å². The van der Waals surface area contributed by atoms with Gasteiger partial charge in [0.2, 0.25) is 0 Å². The molecule has 0 aliphatic carbocycles. The lowest BCUT2D eigenvalue weighted by Crippen LogP contribution is -2.34. The molecule has 0 aromatic rings. The molecule has 0 rings (SSSR count). The molecule has 0 spiro atoms. The third-order valence-electron chi connectivity index (χ3n) is 2.78. The Labute approximate surface area is 92.4 Å². The topological polar surface area (TPSA) is 12.0 Å². The Morgan fingerprint density at radius 1 is 0.786 bits per heavy atom. The van der Waals surface area contributed by atoms with Crippen LogP contribution in [0.25, 0.3) is 0 Å². The molecule has 2 heteroatoms. The molecular weight excluding hydrogens is 186 g/mol. The second-order valence-electron chi connectivity index (χ2n) is 4.29. The van der Waals surface area contributed by atoms with Crippen molar-refractivity contribution < 1.29 is 0 Å². The molecule has 86 valence electrons. The number of unbranched alkanes of at least 4 members (excludes halogenated alkanes) is 3. The van der Waals surface area contributed by atoms with E-state index in [9.17, 15) is 0 Å². The highest BCUT2D eigenvalue weighted by Gasteiger charge is 2.08. The standard InChI is InChI=1S/C12H29NSi/c1-4-7-10-13-14(11-8-5-2)12-9-6-3/h13-14H,4-12H2,1-3H3. The summed E-state index contributed by atoms with van der Waals surface area (Å²) in [7, 11) is -0.551. The van der Waals surface area contributed by atoms with Crippen LogP contribution in [0.1, 0.15) is 59.3 Å². The summed E-state index contributed by atoms with van der Waals surface area (Å²) in [5.74, 6) is 0. The summed E-state index contributed by atoms with van der Waals surface area (Å²) in [6, 6.07) is 3.03. The van der Waals surface area contributed by atoms with Gasteiger partial charge in [-0.1, -0.05) is 52.9 Å². The van der Waals surface area contributed by atoms with Crippen LogP contribution in [0.4, 0.5) is 0 Å². The quantitative estimate of drug-likeness (QED) is 0.433. The van der Waals surface area contributed by atoms with Crippen LogP contribution < -0.4 is 4.98 Å². The van der Waals surface area contributed by atoms with Crippen molar-refractivity contribution in [1.82, 2.24) is 4.98 Å². The normalized spacial score (nSPS) is 11.1. The average molecular weight is 215 g/mol. The Kier molecular flexibility index (Phi) is 11.4. The van der Waals surface area contributed by atoms with Crippen LogP contribution in [0.3, 0.4) is 0 Å². The van der Waals surface area contributed by atoms with Crippen LogP contribution >= 0.6 is 0 Å². The van der Waals surface area contributed by atoms with Crippen molar-refractivity contribution in [3.63, 3.8) is 0 Å². The summed E-state index contributed by atoms with van der Waals surface area (Å²) < 4.78 is 0. The van der Waals surface area contributed by atoms with Crippen molar-refractivity contribution in [3.8, 4) is 0 Å². The summed E-state index contributed by atoms with van der Waals surface area (Å²) in [5.41, 5.74) is 0. The molecule has 0 aliphatic rings. The second-order valence-corrected chi connectivity index (χ2v) is 7.25. The zero-order valence-corrected chi connectivity index (χ0v) is 11.6. The van der Waals surface area contributed by atoms with Gasteiger partial charge in [-0.2, -0.15) is 0 Å². The van der Waals surface area contributed by atoms with Gasteiger partial charge >= 0.3 is 0 Å². The second kappa shape index (κ2) is 11.3. The highest BCUT2D eigenvalue weighted by Crippen LogP contribution is 2.07. The fourth-order valence-electron chi connectivity index (χ4n) is 1.73. The third kappa shape index (κ3) is 8.76. The lowest BCUT2D eigenvalue weighted by Gasteiger charge is -2.16. The van der Waals surface area contributed by atoms with Gasteiger partial charge in [-0.15, -0.1) is 0 Å². The highest BCUT2D eigenvalue weighted by molar-refractivity contribution is 6.56. The van der Waals surface area contributed by atoms with E-state index in [0.29, 0.717) is 0 Å².